The van der Waals surface area contributed by atoms with Gasteiger partial charge in [-0.1, -0.05) is 18.1 Å². The first kappa shape index (κ1) is 22.1. The van der Waals surface area contributed by atoms with Crippen molar-refractivity contribution in [3.05, 3.63) is 65.2 Å². The summed E-state index contributed by atoms with van der Waals surface area (Å²) in [6, 6.07) is 13.0. The molecule has 0 radical (unpaired) electrons. The van der Waals surface area contributed by atoms with E-state index in [-0.39, 0.29) is 5.56 Å². The van der Waals surface area contributed by atoms with E-state index in [1.807, 2.05) is 24.3 Å². The van der Waals surface area contributed by atoms with Crippen LogP contribution in [0.4, 0.5) is 0 Å². The van der Waals surface area contributed by atoms with E-state index in [0.717, 1.165) is 44.5 Å². The third-order valence-electron chi connectivity index (χ3n) is 5.92. The van der Waals surface area contributed by atoms with Crippen LogP contribution in [0.3, 0.4) is 0 Å². The van der Waals surface area contributed by atoms with Crippen molar-refractivity contribution < 1.29 is 19.4 Å². The quantitative estimate of drug-likeness (QED) is 0.362. The van der Waals surface area contributed by atoms with Crippen molar-refractivity contribution in [3.8, 4) is 18.1 Å². The molecule has 0 unspecified atom stereocenters. The fourth-order valence-corrected chi connectivity index (χ4v) is 3.90. The number of hydrogen-bond donors (Lipinski definition) is 2. The zero-order valence-corrected chi connectivity index (χ0v) is 18.0. The van der Waals surface area contributed by atoms with Gasteiger partial charge in [0, 0.05) is 17.7 Å². The lowest BCUT2D eigenvalue weighted by atomic mass is 10.0. The Bertz CT molecular complexity index is 984. The van der Waals surface area contributed by atoms with E-state index in [0.29, 0.717) is 23.8 Å². The second kappa shape index (κ2) is 9.99. The molecule has 0 bridgehead atoms. The predicted octanol–water partition coefficient (Wildman–Crippen LogP) is 2.71. The van der Waals surface area contributed by atoms with Crippen molar-refractivity contribution in [2.45, 2.75) is 43.9 Å². The Kier molecular flexibility index (Phi) is 6.89. The van der Waals surface area contributed by atoms with Crippen LogP contribution in [0.25, 0.3) is 0 Å². The third-order valence-corrected chi connectivity index (χ3v) is 5.92. The molecule has 166 valence electrons. The molecule has 1 saturated heterocycles. The van der Waals surface area contributed by atoms with Crippen molar-refractivity contribution in [2.75, 3.05) is 19.6 Å². The summed E-state index contributed by atoms with van der Waals surface area (Å²) in [6.07, 6.45) is 9.03. The molecule has 0 spiro atoms. The summed E-state index contributed by atoms with van der Waals surface area (Å²) >= 11 is 0. The van der Waals surface area contributed by atoms with E-state index in [4.69, 9.17) is 11.2 Å². The van der Waals surface area contributed by atoms with Crippen molar-refractivity contribution in [2.24, 2.45) is 0 Å². The van der Waals surface area contributed by atoms with E-state index < -0.39 is 23.8 Å². The smallest absolute Gasteiger partial charge is 0.292 e. The number of nitrogens with zero attached hydrogens (tertiary/aromatic N) is 1. The van der Waals surface area contributed by atoms with E-state index in [1.165, 1.54) is 0 Å². The molecule has 2 aliphatic rings. The number of rotatable bonds is 9. The van der Waals surface area contributed by atoms with E-state index in [1.54, 1.807) is 24.3 Å². The van der Waals surface area contributed by atoms with Crippen LogP contribution in [0, 0.1) is 12.3 Å². The maximum atomic E-state index is 12.7. The van der Waals surface area contributed by atoms with Gasteiger partial charge in [0.2, 0.25) is 5.78 Å². The molecule has 2 N–H and O–H groups in total. The molecule has 0 aromatic heterocycles. The van der Waals surface area contributed by atoms with Crippen molar-refractivity contribution in [3.63, 3.8) is 0 Å². The monoisotopic (exact) mass is 432 g/mol. The summed E-state index contributed by atoms with van der Waals surface area (Å²) in [6.45, 7) is 2.29. The molecule has 1 amide bonds. The van der Waals surface area contributed by atoms with E-state index in [9.17, 15) is 14.7 Å². The van der Waals surface area contributed by atoms with Crippen LogP contribution < -0.4 is 10.1 Å². The molecule has 2 aromatic carbocycles. The number of carbonyl (C=O) groups is 2. The van der Waals surface area contributed by atoms with Gasteiger partial charge in [-0.25, -0.2) is 0 Å². The second-order valence-electron chi connectivity index (χ2n) is 8.47. The Balaban J connectivity index is 1.46. The fourth-order valence-electron chi connectivity index (χ4n) is 3.90. The highest BCUT2D eigenvalue weighted by Crippen LogP contribution is 2.28. The number of Topliss-reactive ketones (excluding diaryl/α,β-unsaturated/α-hetero) is 1. The Morgan fingerprint density at radius 3 is 2.34 bits per heavy atom. The highest BCUT2D eigenvalue weighted by atomic mass is 16.5. The number of hydrogen-bond acceptors (Lipinski definition) is 5. The molecule has 2 atom stereocenters. The van der Waals surface area contributed by atoms with Crippen molar-refractivity contribution >= 4 is 11.7 Å². The molecule has 1 heterocycles. The lowest BCUT2D eigenvalue weighted by molar-refractivity contribution is -0.118. The number of carbonyl (C=O) groups excluding carboxylic acids is 2. The summed E-state index contributed by atoms with van der Waals surface area (Å²) in [5.74, 6) is 1.87. The summed E-state index contributed by atoms with van der Waals surface area (Å²) in [7, 11) is 0. The summed E-state index contributed by atoms with van der Waals surface area (Å²) in [5, 5.41) is 13.9. The molecule has 1 saturated carbocycles. The van der Waals surface area contributed by atoms with Gasteiger partial charge < -0.3 is 20.1 Å². The second-order valence-corrected chi connectivity index (χ2v) is 8.47. The van der Waals surface area contributed by atoms with Crippen molar-refractivity contribution in [1.82, 2.24) is 10.2 Å². The van der Waals surface area contributed by atoms with E-state index >= 15 is 0 Å². The average Bonchev–Trinajstić information content (AvgIpc) is 3.49. The summed E-state index contributed by atoms with van der Waals surface area (Å²) in [5.41, 5.74) is 1.57. The number of aliphatic hydroxyl groups is 1. The Hall–Kier alpha value is -3.14. The molecule has 2 fully saturated rings. The van der Waals surface area contributed by atoms with Gasteiger partial charge in [-0.15, -0.1) is 6.42 Å². The van der Waals surface area contributed by atoms with Crippen LogP contribution in [0.2, 0.25) is 0 Å². The SMILES string of the molecule is C#Cc1ccc(C(=O)C(=O)N[C@H](CN2CCCC2)[C@H](O)c2ccc(OC3CC3)cc2)cc1. The topological polar surface area (TPSA) is 78.9 Å². The van der Waals surface area contributed by atoms with E-state index in [2.05, 4.69) is 16.1 Å². The van der Waals surface area contributed by atoms with Gasteiger partial charge >= 0.3 is 0 Å². The molecular formula is C26H28N2O4. The van der Waals surface area contributed by atoms with Crippen LogP contribution in [-0.4, -0.2) is 53.5 Å². The van der Waals surface area contributed by atoms with Gasteiger partial charge in [0.05, 0.1) is 12.1 Å². The molecule has 1 aliphatic carbocycles. The maximum absolute atomic E-state index is 12.7. The van der Waals surface area contributed by atoms with Crippen LogP contribution in [0.15, 0.2) is 48.5 Å². The highest BCUT2D eigenvalue weighted by molar-refractivity contribution is 6.42. The first-order chi connectivity index (χ1) is 15.5. The molecule has 2 aromatic rings. The summed E-state index contributed by atoms with van der Waals surface area (Å²) in [4.78, 5) is 27.6. The molecule has 4 rings (SSSR count). The largest absolute Gasteiger partial charge is 0.490 e. The highest BCUT2D eigenvalue weighted by Gasteiger charge is 2.29. The van der Waals surface area contributed by atoms with Crippen LogP contribution in [-0.2, 0) is 4.79 Å². The van der Waals surface area contributed by atoms with Gasteiger partial charge in [0.25, 0.3) is 5.91 Å². The number of likely N-dealkylation sites (tertiary alicyclic amines) is 1. The van der Waals surface area contributed by atoms with Crippen LogP contribution >= 0.6 is 0 Å². The molecule has 32 heavy (non-hydrogen) atoms. The fraction of sp³-hybridized carbons (Fsp3) is 0.385. The number of aliphatic hydroxyl groups excluding tert-OH is 1. The molecular weight excluding hydrogens is 404 g/mol. The lowest BCUT2D eigenvalue weighted by Crippen LogP contribution is -2.48. The van der Waals surface area contributed by atoms with Crippen molar-refractivity contribution in [1.29, 1.82) is 0 Å². The number of terminal acetylenes is 1. The third kappa shape index (κ3) is 5.56. The predicted molar refractivity (Wildman–Crippen MR) is 121 cm³/mol. The number of amides is 1. The summed E-state index contributed by atoms with van der Waals surface area (Å²) < 4.78 is 5.77. The lowest BCUT2D eigenvalue weighted by Gasteiger charge is -2.28. The minimum atomic E-state index is -0.953. The average molecular weight is 433 g/mol. The van der Waals surface area contributed by atoms with Gasteiger partial charge in [-0.2, -0.15) is 0 Å². The Morgan fingerprint density at radius 1 is 1.09 bits per heavy atom. The minimum absolute atomic E-state index is 0.262. The Labute approximate surface area is 188 Å². The zero-order valence-electron chi connectivity index (χ0n) is 18.0. The molecule has 6 heteroatoms. The molecule has 6 nitrogen and oxygen atoms in total. The Morgan fingerprint density at radius 2 is 1.75 bits per heavy atom. The minimum Gasteiger partial charge on any atom is -0.490 e. The number of ketones is 1. The normalized spacial score (nSPS) is 17.9. The van der Waals surface area contributed by atoms with Gasteiger partial charge in [-0.3, -0.25) is 9.59 Å². The maximum Gasteiger partial charge on any atom is 0.292 e. The number of benzene rings is 2. The molecule has 1 aliphatic heterocycles. The van der Waals surface area contributed by atoms with Gasteiger partial charge in [0.15, 0.2) is 0 Å². The van der Waals surface area contributed by atoms with Crippen LogP contribution in [0.5, 0.6) is 5.75 Å². The van der Waals surface area contributed by atoms with Gasteiger partial charge in [0.1, 0.15) is 11.9 Å². The van der Waals surface area contributed by atoms with Gasteiger partial charge in [-0.05, 0) is 80.7 Å². The van der Waals surface area contributed by atoms with Crippen LogP contribution in [0.1, 0.15) is 53.3 Å². The number of ether oxygens (including phenoxy) is 1. The standard InChI is InChI=1S/C26H28N2O4/c1-2-18-5-7-20(8-6-18)25(30)26(31)27-23(17-28-15-3-4-16-28)24(29)19-9-11-21(12-10-19)32-22-13-14-22/h1,5-12,22-24,29H,3-4,13-17H2,(H,27,31)/t23-,24-/m1/s1. The first-order valence-corrected chi connectivity index (χ1v) is 11.1. The number of nitrogens with one attached hydrogen (secondary N) is 1. The first-order valence-electron chi connectivity index (χ1n) is 11.1. The zero-order chi connectivity index (χ0) is 22.5.